The zero-order valence-corrected chi connectivity index (χ0v) is 17.6. The molecular weight excluding hydrogens is 414 g/mol. The average Bonchev–Trinajstić information content (AvgIpc) is 2.79. The molecule has 156 valence electrons. The van der Waals surface area contributed by atoms with Crippen LogP contribution in [0, 0.1) is 11.6 Å². The van der Waals surface area contributed by atoms with Crippen LogP contribution in [-0.4, -0.2) is 9.88 Å². The Morgan fingerprint density at radius 3 is 1.74 bits per heavy atom. The number of hydrogen-bond acceptors (Lipinski definition) is 2. The fourth-order valence-electron chi connectivity index (χ4n) is 3.54. The van der Waals surface area contributed by atoms with Crippen molar-refractivity contribution in [1.29, 1.82) is 0 Å². The summed E-state index contributed by atoms with van der Waals surface area (Å²) >= 11 is 6.41. The summed E-state index contributed by atoms with van der Waals surface area (Å²) in [6.07, 6.45) is 1.74. The molecule has 3 aromatic carbocycles. The van der Waals surface area contributed by atoms with Crippen molar-refractivity contribution in [1.82, 2.24) is 9.88 Å². The zero-order chi connectivity index (χ0) is 21.6. The molecule has 2 nitrogen and oxygen atoms in total. The third-order valence-electron chi connectivity index (χ3n) is 5.12. The monoisotopic (exact) mass is 434 g/mol. The summed E-state index contributed by atoms with van der Waals surface area (Å²) in [4.78, 5) is 6.32. The lowest BCUT2D eigenvalue weighted by molar-refractivity contribution is 0.240. The van der Waals surface area contributed by atoms with E-state index in [9.17, 15) is 8.78 Å². The van der Waals surface area contributed by atoms with Gasteiger partial charge in [0.15, 0.2) is 0 Å². The Bertz CT molecular complexity index is 1120. The molecule has 0 N–H and O–H groups in total. The molecule has 0 unspecified atom stereocenters. The van der Waals surface area contributed by atoms with E-state index in [0.29, 0.717) is 35.9 Å². The Hall–Kier alpha value is -3.08. The van der Waals surface area contributed by atoms with Crippen LogP contribution in [0.3, 0.4) is 0 Å². The molecule has 4 aromatic rings. The van der Waals surface area contributed by atoms with E-state index >= 15 is 0 Å². The predicted octanol–water partition coefficient (Wildman–Crippen LogP) is 6.88. The standard InChI is InChI=1S/C26H21ClF2N2/c27-26-23(14-22(15-30-26)19-8-2-1-3-9-19)18-31(16-20-10-4-6-12-24(20)28)17-21-11-5-7-13-25(21)29/h1-15H,16-18H2. The number of halogens is 3. The smallest absolute Gasteiger partial charge is 0.133 e. The third kappa shape index (κ3) is 5.35. The minimum atomic E-state index is -0.289. The SMILES string of the molecule is Fc1ccccc1CN(Cc1ccccc1F)Cc1cc(-c2ccccc2)cnc1Cl. The van der Waals surface area contributed by atoms with E-state index in [0.717, 1.165) is 16.7 Å². The number of aromatic nitrogens is 1. The molecule has 0 aliphatic heterocycles. The van der Waals surface area contributed by atoms with E-state index in [4.69, 9.17) is 11.6 Å². The van der Waals surface area contributed by atoms with Gasteiger partial charge in [0.25, 0.3) is 0 Å². The Morgan fingerprint density at radius 1 is 0.645 bits per heavy atom. The molecule has 0 aliphatic carbocycles. The number of hydrogen-bond donors (Lipinski definition) is 0. The lowest BCUT2D eigenvalue weighted by Gasteiger charge is -2.24. The molecule has 0 bridgehead atoms. The van der Waals surface area contributed by atoms with Gasteiger partial charge < -0.3 is 0 Å². The molecule has 1 aromatic heterocycles. The second-order valence-corrected chi connectivity index (χ2v) is 7.73. The summed E-state index contributed by atoms with van der Waals surface area (Å²) in [5, 5.41) is 0.381. The van der Waals surface area contributed by atoms with Crippen LogP contribution in [0.25, 0.3) is 11.1 Å². The molecular formula is C26H21ClF2N2. The van der Waals surface area contributed by atoms with Gasteiger partial charge in [0.2, 0.25) is 0 Å². The molecule has 5 heteroatoms. The van der Waals surface area contributed by atoms with Gasteiger partial charge >= 0.3 is 0 Å². The van der Waals surface area contributed by atoms with E-state index in [1.165, 1.54) is 12.1 Å². The minimum absolute atomic E-state index is 0.289. The summed E-state index contributed by atoms with van der Waals surface area (Å²) in [6, 6.07) is 25.1. The van der Waals surface area contributed by atoms with Crippen molar-refractivity contribution in [3.8, 4) is 11.1 Å². The second-order valence-electron chi connectivity index (χ2n) is 7.37. The average molecular weight is 435 g/mol. The topological polar surface area (TPSA) is 16.1 Å². The molecule has 4 rings (SSSR count). The molecule has 0 fully saturated rings. The van der Waals surface area contributed by atoms with Crippen molar-refractivity contribution in [2.75, 3.05) is 0 Å². The van der Waals surface area contributed by atoms with Crippen molar-refractivity contribution in [3.05, 3.63) is 125 Å². The highest BCUT2D eigenvalue weighted by Gasteiger charge is 2.15. The zero-order valence-electron chi connectivity index (χ0n) is 16.8. The highest BCUT2D eigenvalue weighted by molar-refractivity contribution is 6.30. The van der Waals surface area contributed by atoms with Gasteiger partial charge in [-0.25, -0.2) is 13.8 Å². The summed E-state index contributed by atoms with van der Waals surface area (Å²) in [5.74, 6) is -0.577. The Balaban J connectivity index is 1.65. The molecule has 0 saturated heterocycles. The first-order valence-corrected chi connectivity index (χ1v) is 10.4. The first-order chi connectivity index (χ1) is 15.1. The summed E-state index contributed by atoms with van der Waals surface area (Å²) in [7, 11) is 0. The van der Waals surface area contributed by atoms with Crippen LogP contribution in [0.1, 0.15) is 16.7 Å². The maximum atomic E-state index is 14.3. The van der Waals surface area contributed by atoms with Gasteiger partial charge in [-0.1, -0.05) is 78.3 Å². The van der Waals surface area contributed by atoms with Crippen LogP contribution in [0.2, 0.25) is 5.15 Å². The predicted molar refractivity (Wildman–Crippen MR) is 120 cm³/mol. The Kier molecular flexibility index (Phi) is 6.70. The minimum Gasteiger partial charge on any atom is -0.290 e. The highest BCUT2D eigenvalue weighted by atomic mass is 35.5. The van der Waals surface area contributed by atoms with E-state index in [1.54, 1.807) is 42.6 Å². The molecule has 0 atom stereocenters. The van der Waals surface area contributed by atoms with Crippen LogP contribution in [-0.2, 0) is 19.6 Å². The fourth-order valence-corrected chi connectivity index (χ4v) is 3.70. The van der Waals surface area contributed by atoms with Gasteiger partial charge in [-0.05, 0) is 23.8 Å². The quantitative estimate of drug-likeness (QED) is 0.295. The largest absolute Gasteiger partial charge is 0.290 e. The molecule has 0 spiro atoms. The van der Waals surface area contributed by atoms with E-state index < -0.39 is 0 Å². The van der Waals surface area contributed by atoms with Crippen LogP contribution in [0.4, 0.5) is 8.78 Å². The maximum Gasteiger partial charge on any atom is 0.133 e. The van der Waals surface area contributed by atoms with Gasteiger partial charge in [-0.2, -0.15) is 0 Å². The van der Waals surface area contributed by atoms with Gasteiger partial charge in [0.1, 0.15) is 16.8 Å². The molecule has 0 amide bonds. The van der Waals surface area contributed by atoms with Crippen LogP contribution in [0.5, 0.6) is 0 Å². The summed E-state index contributed by atoms with van der Waals surface area (Å²) in [6.45, 7) is 1.02. The van der Waals surface area contributed by atoms with Crippen molar-refractivity contribution >= 4 is 11.6 Å². The molecule has 1 heterocycles. The first kappa shape index (κ1) is 21.2. The van der Waals surface area contributed by atoms with Crippen LogP contribution < -0.4 is 0 Å². The summed E-state index contributed by atoms with van der Waals surface area (Å²) in [5.41, 5.74) is 3.86. The molecule has 0 saturated carbocycles. The number of pyridine rings is 1. The van der Waals surface area contributed by atoms with Gasteiger partial charge in [-0.15, -0.1) is 0 Å². The first-order valence-electron chi connectivity index (χ1n) is 9.99. The number of benzene rings is 3. The molecule has 0 radical (unpaired) electrons. The number of nitrogens with zero attached hydrogens (tertiary/aromatic N) is 2. The van der Waals surface area contributed by atoms with Gasteiger partial charge in [0, 0.05) is 48.1 Å². The maximum absolute atomic E-state index is 14.3. The second kappa shape index (κ2) is 9.82. The number of rotatable bonds is 7. The lowest BCUT2D eigenvalue weighted by Crippen LogP contribution is -2.24. The lowest BCUT2D eigenvalue weighted by atomic mass is 10.1. The van der Waals surface area contributed by atoms with Gasteiger partial charge in [-0.3, -0.25) is 4.90 Å². The van der Waals surface area contributed by atoms with Gasteiger partial charge in [0.05, 0.1) is 0 Å². The van der Waals surface area contributed by atoms with E-state index in [2.05, 4.69) is 4.98 Å². The molecule has 0 aliphatic rings. The normalized spacial score (nSPS) is 11.1. The van der Waals surface area contributed by atoms with E-state index in [1.807, 2.05) is 41.3 Å². The van der Waals surface area contributed by atoms with Crippen molar-refractivity contribution in [3.63, 3.8) is 0 Å². The fraction of sp³-hybridized carbons (Fsp3) is 0.115. The van der Waals surface area contributed by atoms with Crippen molar-refractivity contribution in [2.45, 2.75) is 19.6 Å². The van der Waals surface area contributed by atoms with Crippen molar-refractivity contribution < 1.29 is 8.78 Å². The van der Waals surface area contributed by atoms with Crippen molar-refractivity contribution in [2.24, 2.45) is 0 Å². The molecule has 31 heavy (non-hydrogen) atoms. The van der Waals surface area contributed by atoms with E-state index in [-0.39, 0.29) is 11.6 Å². The highest BCUT2D eigenvalue weighted by Crippen LogP contribution is 2.26. The third-order valence-corrected chi connectivity index (χ3v) is 5.46. The van der Waals surface area contributed by atoms with Crippen LogP contribution in [0.15, 0.2) is 91.1 Å². The Morgan fingerprint density at radius 2 is 1.16 bits per heavy atom. The Labute approximate surface area is 185 Å². The van der Waals surface area contributed by atoms with Crippen LogP contribution >= 0.6 is 11.6 Å². The summed E-state index contributed by atoms with van der Waals surface area (Å²) < 4.78 is 28.7.